The normalized spacial score (nSPS) is 33.4. The molecule has 2 heterocycles. The molecule has 1 N–H and O–H groups in total. The van der Waals surface area contributed by atoms with E-state index in [4.69, 9.17) is 9.84 Å². The van der Waals surface area contributed by atoms with Gasteiger partial charge in [0.15, 0.2) is 6.10 Å². The summed E-state index contributed by atoms with van der Waals surface area (Å²) in [5.74, 6) is 0.450. The number of nitrogens with zero attached hydrogens (tertiary/aromatic N) is 2. The van der Waals surface area contributed by atoms with E-state index in [1.807, 2.05) is 4.90 Å². The van der Waals surface area contributed by atoms with E-state index in [1.54, 1.807) is 4.90 Å². The molecule has 0 bridgehead atoms. The van der Waals surface area contributed by atoms with Gasteiger partial charge in [-0.15, -0.1) is 0 Å². The van der Waals surface area contributed by atoms with Crippen LogP contribution >= 0.6 is 0 Å². The van der Waals surface area contributed by atoms with Crippen LogP contribution in [0, 0.1) is 11.8 Å². The number of carbonyl (C=O) groups is 2. The molecule has 3 rings (SSSR count). The second-order valence-electron chi connectivity index (χ2n) is 6.47. The molecule has 118 valence electrons. The van der Waals surface area contributed by atoms with Crippen molar-refractivity contribution in [3.8, 4) is 0 Å². The van der Waals surface area contributed by atoms with Crippen LogP contribution in [0.2, 0.25) is 0 Å². The first-order valence-electron chi connectivity index (χ1n) is 8.03. The number of aliphatic carboxylic acids is 1. The van der Waals surface area contributed by atoms with Gasteiger partial charge in [0, 0.05) is 19.6 Å². The van der Waals surface area contributed by atoms with Crippen molar-refractivity contribution in [3.63, 3.8) is 0 Å². The molecule has 0 aromatic heterocycles. The molecule has 21 heavy (non-hydrogen) atoms. The first-order valence-corrected chi connectivity index (χ1v) is 8.03. The predicted molar refractivity (Wildman–Crippen MR) is 76.0 cm³/mol. The van der Waals surface area contributed by atoms with Gasteiger partial charge in [0.25, 0.3) is 0 Å². The number of ether oxygens (including phenoxy) is 1. The first-order chi connectivity index (χ1) is 10.1. The Hall–Kier alpha value is -1.30. The van der Waals surface area contributed by atoms with Gasteiger partial charge in [-0.3, -0.25) is 0 Å². The maximum Gasteiger partial charge on any atom is 0.334 e. The van der Waals surface area contributed by atoms with Crippen molar-refractivity contribution in [1.29, 1.82) is 0 Å². The van der Waals surface area contributed by atoms with Crippen molar-refractivity contribution < 1.29 is 19.4 Å². The number of likely N-dealkylation sites (tertiary alicyclic amines) is 1. The maximum absolute atomic E-state index is 12.6. The molecule has 3 aliphatic rings. The lowest BCUT2D eigenvalue weighted by atomic mass is 9.75. The zero-order valence-corrected chi connectivity index (χ0v) is 12.4. The summed E-state index contributed by atoms with van der Waals surface area (Å²) < 4.78 is 5.18. The fraction of sp³-hybridized carbons (Fsp3) is 0.867. The fourth-order valence-corrected chi connectivity index (χ4v) is 3.95. The Morgan fingerprint density at radius 1 is 0.952 bits per heavy atom. The number of hydrogen-bond acceptors (Lipinski definition) is 3. The Labute approximate surface area is 125 Å². The number of carboxylic acid groups (broad SMARTS) is 1. The van der Waals surface area contributed by atoms with Gasteiger partial charge in [-0.1, -0.05) is 19.3 Å². The standard InChI is InChI=1S/C15H24N2O4/c18-14(19)13-10-17(7-8-21-13)15(20)16-6-5-11-3-1-2-4-12(11)9-16/h11-13H,1-10H2,(H,18,19). The lowest BCUT2D eigenvalue weighted by molar-refractivity contribution is -0.154. The molecule has 2 amide bonds. The highest BCUT2D eigenvalue weighted by Crippen LogP contribution is 2.36. The molecular weight excluding hydrogens is 272 g/mol. The molecule has 1 saturated carbocycles. The minimum atomic E-state index is -0.988. The molecule has 6 heteroatoms. The topological polar surface area (TPSA) is 70.1 Å². The van der Waals surface area contributed by atoms with Crippen LogP contribution in [0.4, 0.5) is 4.79 Å². The van der Waals surface area contributed by atoms with Gasteiger partial charge >= 0.3 is 12.0 Å². The SMILES string of the molecule is O=C(O)C1CN(C(=O)N2CCC3CCCCC3C2)CCO1. The van der Waals surface area contributed by atoms with Crippen LogP contribution in [0.5, 0.6) is 0 Å². The number of fused-ring (bicyclic) bond motifs is 1. The molecule has 3 fully saturated rings. The number of piperidine rings is 1. The monoisotopic (exact) mass is 296 g/mol. The summed E-state index contributed by atoms with van der Waals surface area (Å²) in [5, 5.41) is 9.03. The van der Waals surface area contributed by atoms with Crippen molar-refractivity contribution in [3.05, 3.63) is 0 Å². The van der Waals surface area contributed by atoms with E-state index in [9.17, 15) is 9.59 Å². The van der Waals surface area contributed by atoms with Crippen LogP contribution in [0.25, 0.3) is 0 Å². The van der Waals surface area contributed by atoms with E-state index in [-0.39, 0.29) is 12.6 Å². The molecule has 2 aliphatic heterocycles. The first kappa shape index (κ1) is 14.6. The van der Waals surface area contributed by atoms with E-state index in [0.29, 0.717) is 19.1 Å². The van der Waals surface area contributed by atoms with Gasteiger partial charge in [0.2, 0.25) is 0 Å². The number of hydrogen-bond donors (Lipinski definition) is 1. The quantitative estimate of drug-likeness (QED) is 0.794. The number of carboxylic acids is 1. The van der Waals surface area contributed by atoms with Gasteiger partial charge in [0.05, 0.1) is 13.2 Å². The van der Waals surface area contributed by atoms with Crippen molar-refractivity contribution in [2.75, 3.05) is 32.8 Å². The number of carbonyl (C=O) groups excluding carboxylic acids is 1. The minimum absolute atomic E-state index is 0.00595. The number of morpholine rings is 1. The molecule has 3 unspecified atom stereocenters. The van der Waals surface area contributed by atoms with Crippen molar-refractivity contribution in [1.82, 2.24) is 9.80 Å². The summed E-state index contributed by atoms with van der Waals surface area (Å²) in [6, 6.07) is -0.00595. The van der Waals surface area contributed by atoms with Crippen molar-refractivity contribution in [2.45, 2.75) is 38.2 Å². The van der Waals surface area contributed by atoms with Crippen LogP contribution < -0.4 is 0 Å². The molecular formula is C15H24N2O4. The molecule has 0 aromatic rings. The molecule has 6 nitrogen and oxygen atoms in total. The largest absolute Gasteiger partial charge is 0.479 e. The molecule has 0 aromatic carbocycles. The highest BCUT2D eigenvalue weighted by atomic mass is 16.5. The Balaban J connectivity index is 1.58. The zero-order chi connectivity index (χ0) is 14.8. The lowest BCUT2D eigenvalue weighted by Crippen LogP contribution is -2.55. The van der Waals surface area contributed by atoms with E-state index in [0.717, 1.165) is 25.4 Å². The van der Waals surface area contributed by atoms with Gasteiger partial charge in [-0.25, -0.2) is 9.59 Å². The van der Waals surface area contributed by atoms with E-state index < -0.39 is 12.1 Å². The second-order valence-corrected chi connectivity index (χ2v) is 6.47. The summed E-state index contributed by atoms with van der Waals surface area (Å²) in [5.41, 5.74) is 0. The second kappa shape index (κ2) is 6.22. The van der Waals surface area contributed by atoms with Gasteiger partial charge < -0.3 is 19.6 Å². The summed E-state index contributed by atoms with van der Waals surface area (Å²) in [4.78, 5) is 27.2. The Bertz CT molecular complexity index is 414. The molecule has 0 radical (unpaired) electrons. The minimum Gasteiger partial charge on any atom is -0.479 e. The Kier molecular flexibility index (Phi) is 4.33. The zero-order valence-electron chi connectivity index (χ0n) is 12.4. The molecule has 3 atom stereocenters. The van der Waals surface area contributed by atoms with Crippen LogP contribution in [0.15, 0.2) is 0 Å². The van der Waals surface area contributed by atoms with Gasteiger partial charge in [-0.05, 0) is 24.7 Å². The third kappa shape index (κ3) is 3.15. The number of amides is 2. The van der Waals surface area contributed by atoms with Crippen LogP contribution in [-0.2, 0) is 9.53 Å². The van der Waals surface area contributed by atoms with Crippen LogP contribution in [0.3, 0.4) is 0 Å². The molecule has 2 saturated heterocycles. The Morgan fingerprint density at radius 2 is 1.67 bits per heavy atom. The number of urea groups is 1. The van der Waals surface area contributed by atoms with E-state index >= 15 is 0 Å². The third-order valence-electron chi connectivity index (χ3n) is 5.17. The summed E-state index contributed by atoms with van der Waals surface area (Å²) in [7, 11) is 0. The summed E-state index contributed by atoms with van der Waals surface area (Å²) in [6.45, 7) is 2.63. The van der Waals surface area contributed by atoms with Crippen LogP contribution in [-0.4, -0.2) is 65.8 Å². The molecule has 1 aliphatic carbocycles. The van der Waals surface area contributed by atoms with Gasteiger partial charge in [-0.2, -0.15) is 0 Å². The fourth-order valence-electron chi connectivity index (χ4n) is 3.95. The lowest BCUT2D eigenvalue weighted by Gasteiger charge is -2.43. The van der Waals surface area contributed by atoms with Gasteiger partial charge in [0.1, 0.15) is 0 Å². The van der Waals surface area contributed by atoms with Crippen molar-refractivity contribution >= 4 is 12.0 Å². The number of rotatable bonds is 1. The van der Waals surface area contributed by atoms with Crippen molar-refractivity contribution in [2.24, 2.45) is 11.8 Å². The third-order valence-corrected chi connectivity index (χ3v) is 5.17. The summed E-state index contributed by atoms with van der Waals surface area (Å²) >= 11 is 0. The maximum atomic E-state index is 12.6. The average Bonchev–Trinajstić information content (AvgIpc) is 2.53. The van der Waals surface area contributed by atoms with Crippen LogP contribution in [0.1, 0.15) is 32.1 Å². The van der Waals surface area contributed by atoms with E-state index in [2.05, 4.69) is 0 Å². The smallest absolute Gasteiger partial charge is 0.334 e. The summed E-state index contributed by atoms with van der Waals surface area (Å²) in [6.07, 6.45) is 5.37. The molecule has 0 spiro atoms. The Morgan fingerprint density at radius 3 is 2.43 bits per heavy atom. The average molecular weight is 296 g/mol. The highest BCUT2D eigenvalue weighted by molar-refractivity contribution is 5.77. The predicted octanol–water partition coefficient (Wildman–Crippen LogP) is 1.40. The highest BCUT2D eigenvalue weighted by Gasteiger charge is 2.36. The van der Waals surface area contributed by atoms with E-state index in [1.165, 1.54) is 25.7 Å².